The highest BCUT2D eigenvalue weighted by Crippen LogP contribution is 2.27. The maximum absolute atomic E-state index is 5.82. The van der Waals surface area contributed by atoms with Crippen molar-refractivity contribution in [2.75, 3.05) is 24.7 Å². The Morgan fingerprint density at radius 3 is 1.48 bits per heavy atom. The first kappa shape index (κ1) is 35.9. The number of rotatable bonds is 19. The number of hydrogen-bond donors (Lipinski definition) is 0. The van der Waals surface area contributed by atoms with E-state index in [2.05, 4.69) is 43.5 Å². The van der Waals surface area contributed by atoms with E-state index in [-0.39, 0.29) is 0 Å². The van der Waals surface area contributed by atoms with E-state index in [9.17, 15) is 0 Å². The zero-order chi connectivity index (χ0) is 35.8. The second-order valence-corrected chi connectivity index (χ2v) is 13.0. The maximum Gasteiger partial charge on any atom is 0.212 e. The van der Waals surface area contributed by atoms with Crippen LogP contribution in [0.3, 0.4) is 0 Å². The van der Waals surface area contributed by atoms with Crippen LogP contribution in [-0.4, -0.2) is 76.9 Å². The van der Waals surface area contributed by atoms with Gasteiger partial charge in [0.2, 0.25) is 10.3 Å². The molecular formula is C38H36N10O2S2. The molecule has 6 rings (SSSR count). The Balaban J connectivity index is 1.12. The van der Waals surface area contributed by atoms with Gasteiger partial charge < -0.3 is 9.47 Å². The molecule has 12 nitrogen and oxygen atoms in total. The number of benzene rings is 2. The van der Waals surface area contributed by atoms with E-state index >= 15 is 0 Å². The Morgan fingerprint density at radius 1 is 0.596 bits per heavy atom. The third-order valence-electron chi connectivity index (χ3n) is 7.24. The number of ether oxygens (including phenoxy) is 2. The summed E-state index contributed by atoms with van der Waals surface area (Å²) in [4.78, 5) is 8.52. The standard InChI is InChI=1S/C38H36N10O2S2/c1-3-21-49-33-17-7-5-13-29(33)27-41-47-35(31-15-11-19-39-25-31)43-45-37(47)51-23-9-10-24-52-38-46-44-36(32-16-12-20-40-26-32)48(38)42-28-30-14-6-8-18-34(30)50-22-4-2/h3-8,11-20,25-28H,1-2,9-10,21-24H2/b41-27-,42-28-. The fourth-order valence-corrected chi connectivity index (χ4v) is 6.55. The van der Waals surface area contributed by atoms with Crippen LogP contribution in [0, 0.1) is 0 Å². The van der Waals surface area contributed by atoms with Crippen LogP contribution >= 0.6 is 23.5 Å². The Bertz CT molecular complexity index is 1970. The first-order chi connectivity index (χ1) is 25.7. The molecule has 0 amide bonds. The first-order valence-electron chi connectivity index (χ1n) is 16.5. The number of unbranched alkanes of at least 4 members (excludes halogenated alkanes) is 1. The van der Waals surface area contributed by atoms with E-state index in [4.69, 9.17) is 19.7 Å². The summed E-state index contributed by atoms with van der Waals surface area (Å²) in [7, 11) is 0. The SMILES string of the molecule is C=CCOc1ccccc1/C=N\n1c(SCCCCSc2nnc(-c3cccnc3)n2/N=C\c2ccccc2OCC=C)nnc1-c1cccnc1. The molecule has 4 aromatic heterocycles. The van der Waals surface area contributed by atoms with Crippen molar-refractivity contribution in [1.82, 2.24) is 39.7 Å². The quantitative estimate of drug-likeness (QED) is 0.0357. The summed E-state index contributed by atoms with van der Waals surface area (Å²) in [5.41, 5.74) is 3.29. The molecule has 0 spiro atoms. The van der Waals surface area contributed by atoms with E-state index in [0.29, 0.717) is 46.7 Å². The van der Waals surface area contributed by atoms with Gasteiger partial charge in [0.25, 0.3) is 0 Å². The van der Waals surface area contributed by atoms with E-state index in [1.54, 1.807) is 82.2 Å². The van der Waals surface area contributed by atoms with Gasteiger partial charge in [-0.1, -0.05) is 73.1 Å². The van der Waals surface area contributed by atoms with Gasteiger partial charge in [-0.3, -0.25) is 9.97 Å². The molecule has 0 saturated heterocycles. The monoisotopic (exact) mass is 728 g/mol. The first-order valence-corrected chi connectivity index (χ1v) is 18.4. The van der Waals surface area contributed by atoms with Crippen molar-refractivity contribution < 1.29 is 9.47 Å². The minimum Gasteiger partial charge on any atom is -0.489 e. The second-order valence-electron chi connectivity index (χ2n) is 10.9. The molecule has 0 atom stereocenters. The summed E-state index contributed by atoms with van der Waals surface area (Å²) in [6.07, 6.45) is 15.7. The Hall–Kier alpha value is -5.86. The van der Waals surface area contributed by atoms with Crippen molar-refractivity contribution in [2.45, 2.75) is 23.2 Å². The van der Waals surface area contributed by atoms with Gasteiger partial charge in [0.05, 0.1) is 12.4 Å². The molecule has 0 bridgehead atoms. The molecule has 52 heavy (non-hydrogen) atoms. The minimum absolute atomic E-state index is 0.398. The molecule has 0 aliphatic carbocycles. The van der Waals surface area contributed by atoms with Crippen LogP contribution in [0.5, 0.6) is 11.5 Å². The fraction of sp³-hybridized carbons (Fsp3) is 0.158. The van der Waals surface area contributed by atoms with Gasteiger partial charge in [0.1, 0.15) is 24.7 Å². The highest BCUT2D eigenvalue weighted by Gasteiger charge is 2.16. The van der Waals surface area contributed by atoms with E-state index in [1.807, 2.05) is 72.8 Å². The van der Waals surface area contributed by atoms with Crippen molar-refractivity contribution in [3.8, 4) is 34.3 Å². The Kier molecular flexibility index (Phi) is 13.1. The van der Waals surface area contributed by atoms with Gasteiger partial charge in [-0.2, -0.15) is 19.6 Å². The van der Waals surface area contributed by atoms with Gasteiger partial charge in [-0.05, 0) is 61.4 Å². The summed E-state index contributed by atoms with van der Waals surface area (Å²) in [6.45, 7) is 8.29. The number of pyridine rings is 2. The summed E-state index contributed by atoms with van der Waals surface area (Å²) in [5, 5.41) is 28.8. The normalized spacial score (nSPS) is 11.3. The van der Waals surface area contributed by atoms with Crippen molar-refractivity contribution in [2.24, 2.45) is 10.2 Å². The molecule has 4 heterocycles. The topological polar surface area (TPSA) is 130 Å². The summed E-state index contributed by atoms with van der Waals surface area (Å²) in [6, 6.07) is 23.0. The summed E-state index contributed by atoms with van der Waals surface area (Å²) >= 11 is 3.20. The molecule has 0 unspecified atom stereocenters. The van der Waals surface area contributed by atoms with E-state index < -0.39 is 0 Å². The van der Waals surface area contributed by atoms with Gasteiger partial charge in [0.15, 0.2) is 11.6 Å². The van der Waals surface area contributed by atoms with Crippen LogP contribution in [0.25, 0.3) is 22.8 Å². The van der Waals surface area contributed by atoms with Crippen molar-refractivity contribution in [1.29, 1.82) is 0 Å². The van der Waals surface area contributed by atoms with E-state index in [1.165, 1.54) is 0 Å². The molecule has 0 fully saturated rings. The molecule has 6 aromatic rings. The highest BCUT2D eigenvalue weighted by molar-refractivity contribution is 7.99. The predicted molar refractivity (Wildman–Crippen MR) is 207 cm³/mol. The van der Waals surface area contributed by atoms with Gasteiger partial charge in [0, 0.05) is 58.5 Å². The molecular weight excluding hydrogens is 693 g/mol. The van der Waals surface area contributed by atoms with Crippen LogP contribution < -0.4 is 9.47 Å². The second kappa shape index (κ2) is 18.9. The van der Waals surface area contributed by atoms with Crippen molar-refractivity contribution in [3.63, 3.8) is 0 Å². The van der Waals surface area contributed by atoms with Crippen LogP contribution in [0.4, 0.5) is 0 Å². The van der Waals surface area contributed by atoms with Gasteiger partial charge in [-0.15, -0.1) is 20.4 Å². The molecule has 0 saturated carbocycles. The lowest BCUT2D eigenvalue weighted by molar-refractivity contribution is 0.362. The van der Waals surface area contributed by atoms with Crippen LogP contribution in [0.15, 0.2) is 143 Å². The van der Waals surface area contributed by atoms with Crippen LogP contribution in [-0.2, 0) is 0 Å². The molecule has 0 radical (unpaired) electrons. The van der Waals surface area contributed by atoms with Gasteiger partial charge >= 0.3 is 0 Å². The molecule has 0 N–H and O–H groups in total. The lowest BCUT2D eigenvalue weighted by Gasteiger charge is -2.08. The zero-order valence-electron chi connectivity index (χ0n) is 28.3. The molecule has 0 aliphatic rings. The number of thioether (sulfide) groups is 2. The molecule has 2 aromatic carbocycles. The predicted octanol–water partition coefficient (Wildman–Crippen LogP) is 7.55. The summed E-state index contributed by atoms with van der Waals surface area (Å²) < 4.78 is 15.1. The lowest BCUT2D eigenvalue weighted by atomic mass is 10.2. The Labute approximate surface area is 310 Å². The Morgan fingerprint density at radius 2 is 1.06 bits per heavy atom. The lowest BCUT2D eigenvalue weighted by Crippen LogP contribution is -2.00. The smallest absolute Gasteiger partial charge is 0.212 e. The third kappa shape index (κ3) is 9.47. The highest BCUT2D eigenvalue weighted by atomic mass is 32.2. The average Bonchev–Trinajstić information content (AvgIpc) is 3.80. The molecule has 14 heteroatoms. The minimum atomic E-state index is 0.398. The van der Waals surface area contributed by atoms with Crippen molar-refractivity contribution >= 4 is 36.0 Å². The van der Waals surface area contributed by atoms with Crippen molar-refractivity contribution in [3.05, 3.63) is 134 Å². The van der Waals surface area contributed by atoms with Crippen LogP contribution in [0.2, 0.25) is 0 Å². The number of aromatic nitrogens is 8. The maximum atomic E-state index is 5.82. The zero-order valence-corrected chi connectivity index (χ0v) is 29.9. The summed E-state index contributed by atoms with van der Waals surface area (Å²) in [5.74, 6) is 4.26. The third-order valence-corrected chi connectivity index (χ3v) is 9.25. The fourth-order valence-electron chi connectivity index (χ4n) is 4.77. The number of para-hydroxylation sites is 2. The molecule has 0 aliphatic heterocycles. The largest absolute Gasteiger partial charge is 0.489 e. The van der Waals surface area contributed by atoms with Gasteiger partial charge in [-0.25, -0.2) is 0 Å². The van der Waals surface area contributed by atoms with E-state index in [0.717, 1.165) is 46.6 Å². The average molecular weight is 729 g/mol. The van der Waals surface area contributed by atoms with Crippen LogP contribution in [0.1, 0.15) is 24.0 Å². The number of hydrogen-bond acceptors (Lipinski definition) is 12. The molecule has 262 valence electrons. The number of nitrogens with zero attached hydrogens (tertiary/aromatic N) is 10.